The van der Waals surface area contributed by atoms with Crippen molar-refractivity contribution in [2.45, 2.75) is 26.4 Å². The fourth-order valence-electron chi connectivity index (χ4n) is 3.88. The zero-order chi connectivity index (χ0) is 10.1. The van der Waals surface area contributed by atoms with Gasteiger partial charge in [-0.2, -0.15) is 5.26 Å². The first-order valence-corrected chi connectivity index (χ1v) is 5.17. The van der Waals surface area contributed by atoms with Gasteiger partial charge in [-0.05, 0) is 12.3 Å². The largest absolute Gasteiger partial charge is 0.461 e. The molecule has 0 N–H and O–H groups in total. The van der Waals surface area contributed by atoms with Gasteiger partial charge in [0, 0.05) is 11.3 Å². The van der Waals surface area contributed by atoms with Crippen molar-refractivity contribution in [1.82, 2.24) is 0 Å². The van der Waals surface area contributed by atoms with Gasteiger partial charge in [0.05, 0.1) is 17.9 Å². The number of esters is 1. The second-order valence-corrected chi connectivity index (χ2v) is 5.37. The van der Waals surface area contributed by atoms with Gasteiger partial charge >= 0.3 is 5.97 Å². The third-order valence-corrected chi connectivity index (χ3v) is 4.55. The maximum Gasteiger partial charge on any atom is 0.311 e. The van der Waals surface area contributed by atoms with Crippen LogP contribution in [-0.4, -0.2) is 12.1 Å². The summed E-state index contributed by atoms with van der Waals surface area (Å²) in [5.41, 5.74) is 0.00766. The first kappa shape index (κ1) is 8.28. The summed E-state index contributed by atoms with van der Waals surface area (Å²) in [4.78, 5) is 11.6. The topological polar surface area (TPSA) is 50.1 Å². The highest BCUT2D eigenvalue weighted by Gasteiger charge is 2.69. The van der Waals surface area contributed by atoms with Gasteiger partial charge < -0.3 is 4.74 Å². The van der Waals surface area contributed by atoms with Crippen LogP contribution in [0.4, 0.5) is 0 Å². The molecule has 0 aromatic heterocycles. The Morgan fingerprint density at radius 2 is 2.29 bits per heavy atom. The molecule has 2 saturated carbocycles. The standard InChI is InChI=1S/C11H13NO2/c1-11(2)7-3-5-8(6(7)4-12)10(13)14-9(5)11/h5-9H,3H2,1-2H3. The molecule has 2 bridgehead atoms. The number of nitriles is 1. The van der Waals surface area contributed by atoms with Crippen LogP contribution in [0.15, 0.2) is 0 Å². The van der Waals surface area contributed by atoms with Crippen molar-refractivity contribution in [2.75, 3.05) is 0 Å². The Kier molecular flexibility index (Phi) is 1.26. The van der Waals surface area contributed by atoms with Gasteiger partial charge in [-0.3, -0.25) is 4.79 Å². The first-order valence-electron chi connectivity index (χ1n) is 5.17. The SMILES string of the molecule is CC1(C)C2CC3C(C(=O)OC31)C2C#N. The van der Waals surface area contributed by atoms with Crippen molar-refractivity contribution < 1.29 is 9.53 Å². The monoisotopic (exact) mass is 191 g/mol. The van der Waals surface area contributed by atoms with Crippen LogP contribution in [0.3, 0.4) is 0 Å². The van der Waals surface area contributed by atoms with Crippen LogP contribution in [0.2, 0.25) is 0 Å². The van der Waals surface area contributed by atoms with E-state index in [0.29, 0.717) is 11.8 Å². The molecule has 0 amide bonds. The smallest absolute Gasteiger partial charge is 0.311 e. The lowest BCUT2D eigenvalue weighted by atomic mass is 9.67. The molecule has 5 unspecified atom stereocenters. The van der Waals surface area contributed by atoms with Crippen LogP contribution in [0.5, 0.6) is 0 Å². The Labute approximate surface area is 83.0 Å². The summed E-state index contributed by atoms with van der Waals surface area (Å²) in [6, 6.07) is 2.31. The lowest BCUT2D eigenvalue weighted by Gasteiger charge is -2.35. The van der Waals surface area contributed by atoms with Gasteiger partial charge in [0.25, 0.3) is 0 Å². The summed E-state index contributed by atoms with van der Waals surface area (Å²) in [5.74, 6) is 0.356. The third-order valence-electron chi connectivity index (χ3n) is 4.55. The van der Waals surface area contributed by atoms with Crippen molar-refractivity contribution in [2.24, 2.45) is 29.1 Å². The van der Waals surface area contributed by atoms with Gasteiger partial charge in [0.15, 0.2) is 0 Å². The van der Waals surface area contributed by atoms with E-state index in [9.17, 15) is 4.79 Å². The van der Waals surface area contributed by atoms with E-state index in [1.54, 1.807) is 0 Å². The molecule has 0 radical (unpaired) electrons. The summed E-state index contributed by atoms with van der Waals surface area (Å²) in [7, 11) is 0. The summed E-state index contributed by atoms with van der Waals surface area (Å²) in [5, 5.41) is 9.10. The van der Waals surface area contributed by atoms with Crippen molar-refractivity contribution in [1.29, 1.82) is 5.26 Å². The Morgan fingerprint density at radius 3 is 2.93 bits per heavy atom. The number of carbonyl (C=O) groups excluding carboxylic acids is 1. The molecule has 3 fully saturated rings. The van der Waals surface area contributed by atoms with E-state index in [1.807, 2.05) is 0 Å². The zero-order valence-electron chi connectivity index (χ0n) is 8.36. The minimum Gasteiger partial charge on any atom is -0.461 e. The number of hydrogen-bond acceptors (Lipinski definition) is 3. The maximum absolute atomic E-state index is 11.6. The van der Waals surface area contributed by atoms with E-state index in [0.717, 1.165) is 6.42 Å². The fraction of sp³-hybridized carbons (Fsp3) is 0.818. The Balaban J connectivity index is 2.11. The number of hydrogen-bond donors (Lipinski definition) is 0. The molecule has 0 aromatic carbocycles. The molecule has 5 atom stereocenters. The van der Waals surface area contributed by atoms with Crippen molar-refractivity contribution in [3.63, 3.8) is 0 Å². The van der Waals surface area contributed by atoms with Gasteiger partial charge in [0.1, 0.15) is 6.10 Å². The minimum absolute atomic E-state index is 0.00766. The van der Waals surface area contributed by atoms with E-state index in [1.165, 1.54) is 0 Å². The maximum atomic E-state index is 11.6. The molecular weight excluding hydrogens is 178 g/mol. The van der Waals surface area contributed by atoms with E-state index in [-0.39, 0.29) is 29.3 Å². The molecule has 0 aromatic rings. The number of rotatable bonds is 0. The normalized spacial score (nSPS) is 51.8. The van der Waals surface area contributed by atoms with Crippen molar-refractivity contribution in [3.05, 3.63) is 0 Å². The molecule has 3 aliphatic rings. The average molecular weight is 191 g/mol. The Hall–Kier alpha value is -1.04. The first-order chi connectivity index (χ1) is 6.57. The molecule has 74 valence electrons. The Bertz CT molecular complexity index is 355. The zero-order valence-corrected chi connectivity index (χ0v) is 8.36. The highest BCUT2D eigenvalue weighted by atomic mass is 16.6. The van der Waals surface area contributed by atoms with E-state index in [2.05, 4.69) is 19.9 Å². The molecule has 1 aliphatic heterocycles. The van der Waals surface area contributed by atoms with Crippen LogP contribution in [0.1, 0.15) is 20.3 Å². The van der Waals surface area contributed by atoms with Gasteiger partial charge in [-0.1, -0.05) is 13.8 Å². The second-order valence-electron chi connectivity index (χ2n) is 5.37. The average Bonchev–Trinajstić information content (AvgIpc) is 2.68. The van der Waals surface area contributed by atoms with Crippen molar-refractivity contribution >= 4 is 5.97 Å². The molecule has 2 aliphatic carbocycles. The summed E-state index contributed by atoms with van der Waals surface area (Å²) in [6.45, 7) is 4.25. The van der Waals surface area contributed by atoms with Gasteiger partial charge in [-0.15, -0.1) is 0 Å². The highest BCUT2D eigenvalue weighted by molar-refractivity contribution is 5.77. The predicted octanol–water partition coefficient (Wildman–Crippen LogP) is 1.34. The highest BCUT2D eigenvalue weighted by Crippen LogP contribution is 2.65. The molecular formula is C11H13NO2. The molecule has 3 nitrogen and oxygen atoms in total. The summed E-state index contributed by atoms with van der Waals surface area (Å²) >= 11 is 0. The molecule has 1 saturated heterocycles. The molecule has 3 rings (SSSR count). The van der Waals surface area contributed by atoms with E-state index < -0.39 is 0 Å². The molecule has 14 heavy (non-hydrogen) atoms. The summed E-state index contributed by atoms with van der Waals surface area (Å²) < 4.78 is 5.40. The van der Waals surface area contributed by atoms with Crippen LogP contribution in [-0.2, 0) is 9.53 Å². The second kappa shape index (κ2) is 2.13. The Morgan fingerprint density at radius 1 is 1.57 bits per heavy atom. The van der Waals surface area contributed by atoms with E-state index >= 15 is 0 Å². The number of fused-ring (bicyclic) bond motifs is 1. The van der Waals surface area contributed by atoms with E-state index in [4.69, 9.17) is 10.00 Å². The molecule has 1 heterocycles. The lowest BCUT2D eigenvalue weighted by molar-refractivity contribution is -0.146. The van der Waals surface area contributed by atoms with Crippen LogP contribution in [0.25, 0.3) is 0 Å². The van der Waals surface area contributed by atoms with Gasteiger partial charge in [0.2, 0.25) is 0 Å². The molecule has 0 spiro atoms. The number of ether oxygens (including phenoxy) is 1. The quantitative estimate of drug-likeness (QED) is 0.543. The lowest BCUT2D eigenvalue weighted by Crippen LogP contribution is -2.39. The van der Waals surface area contributed by atoms with Crippen LogP contribution < -0.4 is 0 Å². The third kappa shape index (κ3) is 0.648. The fourth-order valence-corrected chi connectivity index (χ4v) is 3.88. The number of carbonyl (C=O) groups is 1. The summed E-state index contributed by atoms with van der Waals surface area (Å²) in [6.07, 6.45) is 1.08. The van der Waals surface area contributed by atoms with Crippen molar-refractivity contribution in [3.8, 4) is 6.07 Å². The minimum atomic E-state index is -0.125. The molecule has 3 heteroatoms. The van der Waals surface area contributed by atoms with Crippen LogP contribution >= 0.6 is 0 Å². The predicted molar refractivity (Wildman–Crippen MR) is 47.9 cm³/mol. The van der Waals surface area contributed by atoms with Gasteiger partial charge in [-0.25, -0.2) is 0 Å². The van der Waals surface area contributed by atoms with Crippen LogP contribution in [0, 0.1) is 40.4 Å². The number of nitrogens with zero attached hydrogens (tertiary/aromatic N) is 1.